The molecule has 2 rings (SSSR count). The zero-order valence-electron chi connectivity index (χ0n) is 14.1. The van der Waals surface area contributed by atoms with Gasteiger partial charge in [-0.25, -0.2) is 4.79 Å². The topological polar surface area (TPSA) is 54.5 Å². The van der Waals surface area contributed by atoms with Crippen molar-refractivity contribution >= 4 is 11.8 Å². The SMILES string of the molecule is Cc1ccc(NCC2CCN(C(=O)OC(C)(C)C)CC2)cn1. The normalized spacial score (nSPS) is 16.5. The monoisotopic (exact) mass is 305 g/mol. The van der Waals surface area contributed by atoms with Gasteiger partial charge in [-0.2, -0.15) is 0 Å². The van der Waals surface area contributed by atoms with E-state index < -0.39 is 5.60 Å². The third kappa shape index (κ3) is 5.20. The largest absolute Gasteiger partial charge is 0.444 e. The molecular weight excluding hydrogens is 278 g/mol. The van der Waals surface area contributed by atoms with Crippen LogP contribution in [0.4, 0.5) is 10.5 Å². The Balaban J connectivity index is 1.73. The minimum absolute atomic E-state index is 0.193. The second-order valence-corrected chi connectivity index (χ2v) is 6.98. The van der Waals surface area contributed by atoms with Crippen LogP contribution in [-0.2, 0) is 4.74 Å². The van der Waals surface area contributed by atoms with Gasteiger partial charge < -0.3 is 15.0 Å². The number of carbonyl (C=O) groups is 1. The van der Waals surface area contributed by atoms with Gasteiger partial charge in [0.05, 0.1) is 11.9 Å². The van der Waals surface area contributed by atoms with Crippen LogP contribution in [0, 0.1) is 12.8 Å². The maximum atomic E-state index is 12.0. The number of pyridine rings is 1. The molecule has 0 spiro atoms. The Morgan fingerprint density at radius 3 is 2.59 bits per heavy atom. The molecule has 1 aliphatic heterocycles. The summed E-state index contributed by atoms with van der Waals surface area (Å²) < 4.78 is 5.42. The molecule has 5 nitrogen and oxygen atoms in total. The molecule has 1 N–H and O–H groups in total. The van der Waals surface area contributed by atoms with Crippen molar-refractivity contribution in [3.05, 3.63) is 24.0 Å². The number of nitrogens with zero attached hydrogens (tertiary/aromatic N) is 2. The van der Waals surface area contributed by atoms with Crippen molar-refractivity contribution in [3.63, 3.8) is 0 Å². The third-order valence-electron chi connectivity index (χ3n) is 3.77. The molecule has 1 aliphatic rings. The van der Waals surface area contributed by atoms with E-state index in [1.54, 1.807) is 0 Å². The van der Waals surface area contributed by atoms with Gasteiger partial charge in [-0.3, -0.25) is 4.98 Å². The summed E-state index contributed by atoms with van der Waals surface area (Å²) in [4.78, 5) is 18.1. The third-order valence-corrected chi connectivity index (χ3v) is 3.77. The lowest BCUT2D eigenvalue weighted by atomic mass is 9.97. The average Bonchev–Trinajstić information content (AvgIpc) is 2.45. The van der Waals surface area contributed by atoms with E-state index in [9.17, 15) is 4.79 Å². The molecule has 0 bridgehead atoms. The van der Waals surface area contributed by atoms with Crippen LogP contribution in [0.5, 0.6) is 0 Å². The van der Waals surface area contributed by atoms with E-state index >= 15 is 0 Å². The van der Waals surface area contributed by atoms with Gasteiger partial charge in [0, 0.05) is 25.3 Å². The van der Waals surface area contributed by atoms with Crippen LogP contribution in [0.3, 0.4) is 0 Å². The van der Waals surface area contributed by atoms with Crippen molar-refractivity contribution < 1.29 is 9.53 Å². The molecule has 0 saturated carbocycles. The summed E-state index contributed by atoms with van der Waals surface area (Å²) in [5.74, 6) is 0.583. The van der Waals surface area contributed by atoms with Crippen LogP contribution in [0.1, 0.15) is 39.3 Å². The Bertz CT molecular complexity index is 486. The maximum absolute atomic E-state index is 12.0. The van der Waals surface area contributed by atoms with Crippen LogP contribution in [0.15, 0.2) is 18.3 Å². The van der Waals surface area contributed by atoms with Crippen molar-refractivity contribution in [2.75, 3.05) is 25.0 Å². The lowest BCUT2D eigenvalue weighted by Gasteiger charge is -2.33. The summed E-state index contributed by atoms with van der Waals surface area (Å²) in [7, 11) is 0. The smallest absolute Gasteiger partial charge is 0.410 e. The molecule has 22 heavy (non-hydrogen) atoms. The number of nitrogens with one attached hydrogen (secondary N) is 1. The number of hydrogen-bond donors (Lipinski definition) is 1. The minimum Gasteiger partial charge on any atom is -0.444 e. The highest BCUT2D eigenvalue weighted by Gasteiger charge is 2.26. The van der Waals surface area contributed by atoms with Gasteiger partial charge in [0.15, 0.2) is 0 Å². The van der Waals surface area contributed by atoms with Crippen LogP contribution in [-0.4, -0.2) is 41.2 Å². The maximum Gasteiger partial charge on any atom is 0.410 e. The first-order valence-electron chi connectivity index (χ1n) is 7.98. The van der Waals surface area contributed by atoms with E-state index in [0.29, 0.717) is 5.92 Å². The van der Waals surface area contributed by atoms with E-state index in [1.807, 2.05) is 44.9 Å². The molecule has 5 heteroatoms. The summed E-state index contributed by atoms with van der Waals surface area (Å²) in [6, 6.07) is 4.06. The van der Waals surface area contributed by atoms with Crippen LogP contribution in [0.2, 0.25) is 0 Å². The summed E-state index contributed by atoms with van der Waals surface area (Å²) in [5, 5.41) is 3.43. The van der Waals surface area contributed by atoms with E-state index in [-0.39, 0.29) is 6.09 Å². The van der Waals surface area contributed by atoms with Gasteiger partial charge in [-0.15, -0.1) is 0 Å². The molecule has 122 valence electrons. The molecular formula is C17H27N3O2. The zero-order valence-corrected chi connectivity index (χ0v) is 14.1. The molecule has 1 fully saturated rings. The highest BCUT2D eigenvalue weighted by molar-refractivity contribution is 5.68. The first kappa shape index (κ1) is 16.6. The van der Waals surface area contributed by atoms with Gasteiger partial charge in [0.2, 0.25) is 0 Å². The number of likely N-dealkylation sites (tertiary alicyclic amines) is 1. The Morgan fingerprint density at radius 1 is 1.36 bits per heavy atom. The van der Waals surface area contributed by atoms with Gasteiger partial charge >= 0.3 is 6.09 Å². The van der Waals surface area contributed by atoms with Gasteiger partial charge in [-0.1, -0.05) is 0 Å². The predicted octanol–water partition coefficient (Wildman–Crippen LogP) is 3.45. The fraction of sp³-hybridized carbons (Fsp3) is 0.647. The molecule has 0 aromatic carbocycles. The second kappa shape index (κ2) is 6.99. The van der Waals surface area contributed by atoms with Gasteiger partial charge in [0.25, 0.3) is 0 Å². The average molecular weight is 305 g/mol. The zero-order chi connectivity index (χ0) is 16.2. The lowest BCUT2D eigenvalue weighted by Crippen LogP contribution is -2.42. The predicted molar refractivity (Wildman–Crippen MR) is 88.0 cm³/mol. The fourth-order valence-corrected chi connectivity index (χ4v) is 2.48. The summed E-state index contributed by atoms with van der Waals surface area (Å²) in [6.07, 6.45) is 3.68. The first-order chi connectivity index (χ1) is 10.3. The van der Waals surface area contributed by atoms with E-state index in [1.165, 1.54) is 0 Å². The number of ether oxygens (including phenoxy) is 1. The summed E-state index contributed by atoms with van der Waals surface area (Å²) in [6.45, 7) is 10.1. The fourth-order valence-electron chi connectivity index (χ4n) is 2.48. The van der Waals surface area contributed by atoms with E-state index in [2.05, 4.69) is 16.4 Å². The van der Waals surface area contributed by atoms with Crippen molar-refractivity contribution in [1.29, 1.82) is 0 Å². The number of aromatic nitrogens is 1. The number of aryl methyl sites for hydroxylation is 1. The van der Waals surface area contributed by atoms with Crippen LogP contribution in [0.25, 0.3) is 0 Å². The van der Waals surface area contributed by atoms with Gasteiger partial charge in [-0.05, 0) is 58.6 Å². The number of carbonyl (C=O) groups excluding carboxylic acids is 1. The molecule has 0 atom stereocenters. The number of hydrogen-bond acceptors (Lipinski definition) is 4. The lowest BCUT2D eigenvalue weighted by molar-refractivity contribution is 0.0188. The molecule has 0 aliphatic carbocycles. The Labute approximate surface area is 133 Å². The van der Waals surface area contributed by atoms with Crippen molar-refractivity contribution in [3.8, 4) is 0 Å². The standard InChI is InChI=1S/C17H27N3O2/c1-13-5-6-15(12-18-13)19-11-14-7-9-20(10-8-14)16(21)22-17(2,3)4/h5-6,12,14,19H,7-11H2,1-4H3. The summed E-state index contributed by atoms with van der Waals surface area (Å²) in [5.41, 5.74) is 1.66. The molecule has 1 aromatic rings. The number of rotatable bonds is 3. The number of piperidine rings is 1. The van der Waals surface area contributed by atoms with Crippen LogP contribution >= 0.6 is 0 Å². The first-order valence-corrected chi connectivity index (χ1v) is 7.98. The summed E-state index contributed by atoms with van der Waals surface area (Å²) >= 11 is 0. The molecule has 0 radical (unpaired) electrons. The van der Waals surface area contributed by atoms with Crippen LogP contribution < -0.4 is 5.32 Å². The molecule has 1 aromatic heterocycles. The van der Waals surface area contributed by atoms with Crippen molar-refractivity contribution in [2.45, 2.75) is 46.1 Å². The number of anilines is 1. The van der Waals surface area contributed by atoms with E-state index in [0.717, 1.165) is 43.9 Å². The Morgan fingerprint density at radius 2 is 2.05 bits per heavy atom. The highest BCUT2D eigenvalue weighted by atomic mass is 16.6. The second-order valence-electron chi connectivity index (χ2n) is 6.98. The number of amides is 1. The molecule has 2 heterocycles. The quantitative estimate of drug-likeness (QED) is 0.929. The molecule has 0 unspecified atom stereocenters. The minimum atomic E-state index is -0.423. The highest BCUT2D eigenvalue weighted by Crippen LogP contribution is 2.20. The Kier molecular flexibility index (Phi) is 5.27. The van der Waals surface area contributed by atoms with Crippen molar-refractivity contribution in [2.24, 2.45) is 5.92 Å². The molecule has 1 amide bonds. The Hall–Kier alpha value is -1.78. The van der Waals surface area contributed by atoms with Gasteiger partial charge in [0.1, 0.15) is 5.60 Å². The van der Waals surface area contributed by atoms with E-state index in [4.69, 9.17) is 4.74 Å². The molecule has 1 saturated heterocycles. The van der Waals surface area contributed by atoms with Crippen molar-refractivity contribution in [1.82, 2.24) is 9.88 Å².